The molecule has 1 rings (SSSR count). The molecule has 1 aromatic heterocycles. The molecule has 0 spiro atoms. The van der Waals surface area contributed by atoms with E-state index in [0.717, 1.165) is 4.47 Å². The fourth-order valence-electron chi connectivity index (χ4n) is 0.866. The van der Waals surface area contributed by atoms with E-state index in [2.05, 4.69) is 15.9 Å². The molecule has 0 N–H and O–H groups in total. The third-order valence-electron chi connectivity index (χ3n) is 1.34. The summed E-state index contributed by atoms with van der Waals surface area (Å²) in [6.07, 6.45) is 1.60. The van der Waals surface area contributed by atoms with Crippen molar-refractivity contribution < 1.29 is 4.79 Å². The highest BCUT2D eigenvalue weighted by Crippen LogP contribution is 2.04. The highest BCUT2D eigenvalue weighted by atomic mass is 79.9. The van der Waals surface area contributed by atoms with E-state index in [1.54, 1.807) is 12.3 Å². The Labute approximate surface area is 78.1 Å². The van der Waals surface area contributed by atoms with Gasteiger partial charge in [0.15, 0.2) is 0 Å². The molecule has 12 heavy (non-hydrogen) atoms. The highest BCUT2D eigenvalue weighted by Gasteiger charge is 1.98. The molecule has 3 nitrogen and oxygen atoms in total. The van der Waals surface area contributed by atoms with Crippen LogP contribution >= 0.6 is 15.9 Å². The van der Waals surface area contributed by atoms with Gasteiger partial charge in [-0.05, 0) is 28.9 Å². The Morgan fingerprint density at radius 2 is 2.25 bits per heavy atom. The van der Waals surface area contributed by atoms with E-state index < -0.39 is 0 Å². The predicted molar refractivity (Wildman–Crippen MR) is 49.1 cm³/mol. The van der Waals surface area contributed by atoms with Gasteiger partial charge in [-0.1, -0.05) is 0 Å². The molecule has 4 heteroatoms. The molecule has 0 aromatic carbocycles. The summed E-state index contributed by atoms with van der Waals surface area (Å²) < 4.78 is 2.16. The monoisotopic (exact) mass is 229 g/mol. The number of pyridine rings is 1. The van der Waals surface area contributed by atoms with Crippen LogP contribution in [0.1, 0.15) is 6.92 Å². The van der Waals surface area contributed by atoms with E-state index >= 15 is 0 Å². The number of carbonyl (C=O) groups excluding carboxylic acids is 1. The fraction of sp³-hybridized carbons (Fsp3) is 0.250. The second-order valence-electron chi connectivity index (χ2n) is 2.52. The summed E-state index contributed by atoms with van der Waals surface area (Å²) in [5.41, 5.74) is -0.159. The third-order valence-corrected chi connectivity index (χ3v) is 1.81. The number of rotatable bonds is 2. The largest absolute Gasteiger partial charge is 0.307 e. The number of hydrogen-bond donors (Lipinski definition) is 0. The Kier molecular flexibility index (Phi) is 2.81. The zero-order chi connectivity index (χ0) is 9.14. The van der Waals surface area contributed by atoms with E-state index in [-0.39, 0.29) is 17.9 Å². The van der Waals surface area contributed by atoms with E-state index in [9.17, 15) is 9.59 Å². The van der Waals surface area contributed by atoms with Crippen molar-refractivity contribution in [3.8, 4) is 0 Å². The van der Waals surface area contributed by atoms with Crippen LogP contribution in [0.4, 0.5) is 0 Å². The number of Topliss-reactive ketones (excluding diaryl/α,β-unsaturated/α-hetero) is 1. The number of hydrogen-bond acceptors (Lipinski definition) is 2. The second-order valence-corrected chi connectivity index (χ2v) is 3.43. The molecule has 64 valence electrons. The van der Waals surface area contributed by atoms with Crippen LogP contribution in [0.15, 0.2) is 27.6 Å². The van der Waals surface area contributed by atoms with Crippen LogP contribution in [0.5, 0.6) is 0 Å². The minimum atomic E-state index is -0.159. The van der Waals surface area contributed by atoms with Crippen molar-refractivity contribution in [1.29, 1.82) is 0 Å². The van der Waals surface area contributed by atoms with Crippen LogP contribution in [0.25, 0.3) is 0 Å². The SMILES string of the molecule is CC(=O)Cn1cc(Br)ccc1=O. The molecule has 0 aliphatic rings. The van der Waals surface area contributed by atoms with Crippen LogP contribution in [0.3, 0.4) is 0 Å². The van der Waals surface area contributed by atoms with Gasteiger partial charge < -0.3 is 4.57 Å². The molecule has 0 bridgehead atoms. The van der Waals surface area contributed by atoms with Crippen molar-refractivity contribution in [3.63, 3.8) is 0 Å². The Bertz CT molecular complexity index is 356. The average molecular weight is 230 g/mol. The van der Waals surface area contributed by atoms with Gasteiger partial charge in [0, 0.05) is 16.7 Å². The maximum Gasteiger partial charge on any atom is 0.250 e. The van der Waals surface area contributed by atoms with E-state index in [4.69, 9.17) is 0 Å². The van der Waals surface area contributed by atoms with E-state index in [1.807, 2.05) is 0 Å². The van der Waals surface area contributed by atoms with Gasteiger partial charge in [-0.2, -0.15) is 0 Å². The summed E-state index contributed by atoms with van der Waals surface area (Å²) in [5.74, 6) is -0.0322. The summed E-state index contributed by atoms with van der Waals surface area (Å²) in [6.45, 7) is 1.59. The van der Waals surface area contributed by atoms with Crippen molar-refractivity contribution in [1.82, 2.24) is 4.57 Å². The van der Waals surface area contributed by atoms with Gasteiger partial charge in [0.25, 0.3) is 5.56 Å². The summed E-state index contributed by atoms with van der Waals surface area (Å²) in [5, 5.41) is 0. The molecule has 0 saturated carbocycles. The number of carbonyl (C=O) groups is 1. The van der Waals surface area contributed by atoms with Gasteiger partial charge in [-0.25, -0.2) is 0 Å². The molecule has 1 aromatic rings. The summed E-state index contributed by atoms with van der Waals surface area (Å²) in [6, 6.07) is 3.08. The summed E-state index contributed by atoms with van der Waals surface area (Å²) in [7, 11) is 0. The van der Waals surface area contributed by atoms with E-state index in [1.165, 1.54) is 17.6 Å². The minimum absolute atomic E-state index is 0.0322. The molecular weight excluding hydrogens is 222 g/mol. The summed E-state index contributed by atoms with van der Waals surface area (Å²) in [4.78, 5) is 21.8. The van der Waals surface area contributed by atoms with Crippen molar-refractivity contribution in [2.75, 3.05) is 0 Å². The quantitative estimate of drug-likeness (QED) is 0.765. The molecule has 0 atom stereocenters. The van der Waals surface area contributed by atoms with Crippen LogP contribution in [-0.2, 0) is 11.3 Å². The normalized spacial score (nSPS) is 9.83. The maximum absolute atomic E-state index is 11.1. The topological polar surface area (TPSA) is 39.1 Å². The highest BCUT2D eigenvalue weighted by molar-refractivity contribution is 9.10. The van der Waals surface area contributed by atoms with E-state index in [0.29, 0.717) is 0 Å². The number of halogens is 1. The molecule has 0 amide bonds. The molecule has 0 radical (unpaired) electrons. The smallest absolute Gasteiger partial charge is 0.250 e. The van der Waals surface area contributed by atoms with Gasteiger partial charge >= 0.3 is 0 Å². The summed E-state index contributed by atoms with van der Waals surface area (Å²) >= 11 is 3.22. The number of ketones is 1. The van der Waals surface area contributed by atoms with Crippen molar-refractivity contribution in [2.24, 2.45) is 0 Å². The Morgan fingerprint density at radius 3 is 2.83 bits per heavy atom. The maximum atomic E-state index is 11.1. The first-order valence-electron chi connectivity index (χ1n) is 3.45. The lowest BCUT2D eigenvalue weighted by Gasteiger charge is -2.01. The van der Waals surface area contributed by atoms with Gasteiger partial charge in [-0.15, -0.1) is 0 Å². The van der Waals surface area contributed by atoms with Gasteiger partial charge in [0.2, 0.25) is 0 Å². The molecule has 0 aliphatic heterocycles. The Morgan fingerprint density at radius 1 is 1.58 bits per heavy atom. The zero-order valence-electron chi connectivity index (χ0n) is 6.58. The van der Waals surface area contributed by atoms with Gasteiger partial charge in [0.1, 0.15) is 5.78 Å². The first-order valence-corrected chi connectivity index (χ1v) is 4.24. The minimum Gasteiger partial charge on any atom is -0.307 e. The lowest BCUT2D eigenvalue weighted by molar-refractivity contribution is -0.117. The molecule has 0 saturated heterocycles. The van der Waals surface area contributed by atoms with Gasteiger partial charge in [-0.3, -0.25) is 9.59 Å². The third kappa shape index (κ3) is 2.30. The average Bonchev–Trinajstić information content (AvgIpc) is 1.96. The van der Waals surface area contributed by atoms with Crippen LogP contribution in [0, 0.1) is 0 Å². The zero-order valence-corrected chi connectivity index (χ0v) is 8.17. The molecule has 0 unspecified atom stereocenters. The molecule has 1 heterocycles. The molecular formula is C8H8BrNO2. The molecule has 0 fully saturated rings. The van der Waals surface area contributed by atoms with Crippen LogP contribution < -0.4 is 5.56 Å². The van der Waals surface area contributed by atoms with Crippen molar-refractivity contribution in [3.05, 3.63) is 33.2 Å². The van der Waals surface area contributed by atoms with Crippen molar-refractivity contribution in [2.45, 2.75) is 13.5 Å². The van der Waals surface area contributed by atoms with Gasteiger partial charge in [0.05, 0.1) is 6.54 Å². The lowest BCUT2D eigenvalue weighted by Crippen LogP contribution is -2.21. The fourth-order valence-corrected chi connectivity index (χ4v) is 1.24. The Hall–Kier alpha value is -0.900. The Balaban J connectivity index is 3.06. The second kappa shape index (κ2) is 3.67. The van der Waals surface area contributed by atoms with Crippen molar-refractivity contribution >= 4 is 21.7 Å². The number of aromatic nitrogens is 1. The predicted octanol–water partition coefficient (Wildman–Crippen LogP) is 1.20. The van der Waals surface area contributed by atoms with Crippen LogP contribution in [-0.4, -0.2) is 10.4 Å². The first kappa shape index (κ1) is 9.19. The number of nitrogens with zero attached hydrogens (tertiary/aromatic N) is 1. The molecule has 0 aliphatic carbocycles. The first-order chi connectivity index (χ1) is 5.59. The van der Waals surface area contributed by atoms with Crippen LogP contribution in [0.2, 0.25) is 0 Å². The lowest BCUT2D eigenvalue weighted by atomic mass is 10.4. The standard InChI is InChI=1S/C8H8BrNO2/c1-6(11)4-10-5-7(9)2-3-8(10)12/h2-3,5H,4H2,1H3.